The lowest BCUT2D eigenvalue weighted by Crippen LogP contribution is -2.16. The van der Waals surface area contributed by atoms with Crippen LogP contribution in [0.25, 0.3) is 0 Å². The van der Waals surface area contributed by atoms with E-state index < -0.39 is 0 Å². The predicted molar refractivity (Wildman–Crippen MR) is 61.0 cm³/mol. The molecule has 0 radical (unpaired) electrons. The molecule has 0 amide bonds. The molecule has 0 saturated heterocycles. The third-order valence-corrected chi connectivity index (χ3v) is 3.37. The molecule has 0 N–H and O–H groups in total. The van der Waals surface area contributed by atoms with Crippen molar-refractivity contribution in [1.29, 1.82) is 0 Å². The third kappa shape index (κ3) is 2.49. The Labute approximate surface area is 91.3 Å². The molecule has 0 unspecified atom stereocenters. The summed E-state index contributed by atoms with van der Waals surface area (Å²) in [6, 6.07) is 3.89. The van der Waals surface area contributed by atoms with Crippen molar-refractivity contribution >= 4 is 5.78 Å². The summed E-state index contributed by atoms with van der Waals surface area (Å²) < 4.78 is 2.12. The second kappa shape index (κ2) is 4.65. The Morgan fingerprint density at radius 1 is 1.40 bits per heavy atom. The summed E-state index contributed by atoms with van der Waals surface area (Å²) in [5, 5.41) is 0. The van der Waals surface area contributed by atoms with Gasteiger partial charge in [-0.1, -0.05) is 19.3 Å². The van der Waals surface area contributed by atoms with Crippen LogP contribution >= 0.6 is 0 Å². The summed E-state index contributed by atoms with van der Waals surface area (Å²) >= 11 is 0. The zero-order valence-electron chi connectivity index (χ0n) is 9.41. The molecule has 1 aromatic rings. The molecule has 2 heteroatoms. The number of Topliss-reactive ketones (excluding diaryl/α,β-unsaturated/α-hetero) is 1. The Bertz CT molecular complexity index is 334. The standard InChI is InChI=1S/C13H19NO/c1-11(15)13-8-5-9-14(13)10-12-6-3-2-4-7-12/h5,8-9,12H,2-4,6-7,10H2,1H3. The number of ketones is 1. The minimum Gasteiger partial charge on any atom is -0.345 e. The molecule has 0 aliphatic heterocycles. The van der Waals surface area contributed by atoms with Gasteiger partial charge in [0.25, 0.3) is 0 Å². The fourth-order valence-corrected chi connectivity index (χ4v) is 2.54. The molecule has 0 bridgehead atoms. The van der Waals surface area contributed by atoms with Crippen LogP contribution in [0.4, 0.5) is 0 Å². The van der Waals surface area contributed by atoms with Gasteiger partial charge in [-0.2, -0.15) is 0 Å². The van der Waals surface area contributed by atoms with E-state index in [2.05, 4.69) is 4.57 Å². The zero-order valence-corrected chi connectivity index (χ0v) is 9.41. The molecule has 2 nitrogen and oxygen atoms in total. The number of carbonyl (C=O) groups excluding carboxylic acids is 1. The van der Waals surface area contributed by atoms with E-state index in [4.69, 9.17) is 0 Å². The first kappa shape index (κ1) is 10.5. The molecule has 2 rings (SSSR count). The van der Waals surface area contributed by atoms with Gasteiger partial charge in [0.05, 0.1) is 5.69 Å². The molecular weight excluding hydrogens is 186 g/mol. The van der Waals surface area contributed by atoms with Crippen LogP contribution in [0.2, 0.25) is 0 Å². The maximum absolute atomic E-state index is 11.3. The van der Waals surface area contributed by atoms with Crippen LogP contribution in [-0.2, 0) is 6.54 Å². The van der Waals surface area contributed by atoms with E-state index >= 15 is 0 Å². The molecule has 1 heterocycles. The Hall–Kier alpha value is -1.05. The molecule has 1 aliphatic carbocycles. The molecule has 15 heavy (non-hydrogen) atoms. The van der Waals surface area contributed by atoms with Gasteiger partial charge in [0, 0.05) is 19.7 Å². The highest BCUT2D eigenvalue weighted by Crippen LogP contribution is 2.25. The Balaban J connectivity index is 2.03. The van der Waals surface area contributed by atoms with Gasteiger partial charge >= 0.3 is 0 Å². The van der Waals surface area contributed by atoms with Crippen LogP contribution < -0.4 is 0 Å². The molecule has 1 aromatic heterocycles. The zero-order chi connectivity index (χ0) is 10.7. The lowest BCUT2D eigenvalue weighted by atomic mass is 9.89. The van der Waals surface area contributed by atoms with Crippen LogP contribution in [0, 0.1) is 5.92 Å². The van der Waals surface area contributed by atoms with Crippen molar-refractivity contribution in [3.63, 3.8) is 0 Å². The predicted octanol–water partition coefficient (Wildman–Crippen LogP) is 3.27. The second-order valence-electron chi connectivity index (χ2n) is 4.61. The first-order valence-electron chi connectivity index (χ1n) is 5.93. The first-order valence-corrected chi connectivity index (χ1v) is 5.93. The van der Waals surface area contributed by atoms with E-state index in [-0.39, 0.29) is 5.78 Å². The van der Waals surface area contributed by atoms with E-state index in [0.29, 0.717) is 0 Å². The Morgan fingerprint density at radius 3 is 2.80 bits per heavy atom. The highest BCUT2D eigenvalue weighted by molar-refractivity contribution is 5.92. The van der Waals surface area contributed by atoms with Crippen molar-refractivity contribution in [2.75, 3.05) is 0 Å². The van der Waals surface area contributed by atoms with E-state index in [1.54, 1.807) is 6.92 Å². The largest absolute Gasteiger partial charge is 0.345 e. The lowest BCUT2D eigenvalue weighted by molar-refractivity contribution is 0.100. The van der Waals surface area contributed by atoms with Gasteiger partial charge in [0.15, 0.2) is 5.78 Å². The van der Waals surface area contributed by atoms with Crippen molar-refractivity contribution in [3.8, 4) is 0 Å². The minimum atomic E-state index is 0.177. The topological polar surface area (TPSA) is 22.0 Å². The van der Waals surface area contributed by atoms with Gasteiger partial charge in [-0.3, -0.25) is 4.79 Å². The molecule has 1 fully saturated rings. The van der Waals surface area contributed by atoms with Gasteiger partial charge in [-0.25, -0.2) is 0 Å². The van der Waals surface area contributed by atoms with Crippen molar-refractivity contribution in [2.45, 2.75) is 45.6 Å². The number of hydrogen-bond acceptors (Lipinski definition) is 1. The fourth-order valence-electron chi connectivity index (χ4n) is 2.54. The van der Waals surface area contributed by atoms with E-state index in [1.807, 2.05) is 18.3 Å². The SMILES string of the molecule is CC(=O)c1cccn1CC1CCCCC1. The fraction of sp³-hybridized carbons (Fsp3) is 0.615. The molecule has 82 valence electrons. The van der Waals surface area contributed by atoms with E-state index in [1.165, 1.54) is 32.1 Å². The van der Waals surface area contributed by atoms with Crippen molar-refractivity contribution in [2.24, 2.45) is 5.92 Å². The van der Waals surface area contributed by atoms with Crippen LogP contribution in [0.3, 0.4) is 0 Å². The molecule has 0 atom stereocenters. The maximum atomic E-state index is 11.3. The number of carbonyl (C=O) groups is 1. The summed E-state index contributed by atoms with van der Waals surface area (Å²) in [5.41, 5.74) is 0.862. The van der Waals surface area contributed by atoms with Gasteiger partial charge in [0.2, 0.25) is 0 Å². The molecule has 0 aromatic carbocycles. The highest BCUT2D eigenvalue weighted by Gasteiger charge is 2.15. The van der Waals surface area contributed by atoms with Crippen LogP contribution in [-0.4, -0.2) is 10.4 Å². The smallest absolute Gasteiger partial charge is 0.176 e. The van der Waals surface area contributed by atoms with E-state index in [9.17, 15) is 4.79 Å². The molecule has 0 spiro atoms. The second-order valence-corrected chi connectivity index (χ2v) is 4.61. The first-order chi connectivity index (χ1) is 7.27. The van der Waals surface area contributed by atoms with Gasteiger partial charge < -0.3 is 4.57 Å². The van der Waals surface area contributed by atoms with Gasteiger partial charge in [-0.05, 0) is 30.9 Å². The quantitative estimate of drug-likeness (QED) is 0.694. The molecular formula is C13H19NO. The number of nitrogens with zero attached hydrogens (tertiary/aromatic N) is 1. The minimum absolute atomic E-state index is 0.177. The summed E-state index contributed by atoms with van der Waals surface area (Å²) in [7, 11) is 0. The molecule has 1 saturated carbocycles. The number of aromatic nitrogens is 1. The van der Waals surface area contributed by atoms with Crippen molar-refractivity contribution in [1.82, 2.24) is 4.57 Å². The Morgan fingerprint density at radius 2 is 2.13 bits per heavy atom. The normalized spacial score (nSPS) is 17.9. The molecule has 1 aliphatic rings. The average molecular weight is 205 g/mol. The number of rotatable bonds is 3. The van der Waals surface area contributed by atoms with Crippen LogP contribution in [0.1, 0.15) is 49.5 Å². The average Bonchev–Trinajstić information content (AvgIpc) is 2.67. The summed E-state index contributed by atoms with van der Waals surface area (Å²) in [6.45, 7) is 2.68. The maximum Gasteiger partial charge on any atom is 0.176 e. The van der Waals surface area contributed by atoms with Crippen molar-refractivity contribution < 1.29 is 4.79 Å². The summed E-state index contributed by atoms with van der Waals surface area (Å²) in [5.74, 6) is 0.958. The summed E-state index contributed by atoms with van der Waals surface area (Å²) in [6.07, 6.45) is 8.81. The lowest BCUT2D eigenvalue weighted by Gasteiger charge is -2.22. The van der Waals surface area contributed by atoms with Crippen molar-refractivity contribution in [3.05, 3.63) is 24.0 Å². The monoisotopic (exact) mass is 205 g/mol. The highest BCUT2D eigenvalue weighted by atomic mass is 16.1. The van der Waals surface area contributed by atoms with E-state index in [0.717, 1.165) is 18.2 Å². The van der Waals surface area contributed by atoms with Gasteiger partial charge in [0.1, 0.15) is 0 Å². The van der Waals surface area contributed by atoms with Crippen LogP contribution in [0.15, 0.2) is 18.3 Å². The summed E-state index contributed by atoms with van der Waals surface area (Å²) in [4.78, 5) is 11.3. The van der Waals surface area contributed by atoms with Gasteiger partial charge in [-0.15, -0.1) is 0 Å². The number of hydrogen-bond donors (Lipinski definition) is 0. The Kier molecular flexibility index (Phi) is 3.24. The third-order valence-electron chi connectivity index (χ3n) is 3.37. The van der Waals surface area contributed by atoms with Crippen LogP contribution in [0.5, 0.6) is 0 Å².